The molecule has 0 unspecified atom stereocenters. The molecule has 0 aliphatic rings. The lowest BCUT2D eigenvalue weighted by Crippen LogP contribution is -2.40. The van der Waals surface area contributed by atoms with Crippen LogP contribution in [-0.2, 0) is 17.9 Å². The van der Waals surface area contributed by atoms with Crippen molar-refractivity contribution in [2.75, 3.05) is 32.2 Å². The fraction of sp³-hybridized carbons (Fsp3) is 0.250. The zero-order valence-electron chi connectivity index (χ0n) is 20.7. The van der Waals surface area contributed by atoms with E-state index in [-0.39, 0.29) is 18.0 Å². The Balaban J connectivity index is 1.57. The summed E-state index contributed by atoms with van der Waals surface area (Å²) in [5, 5.41) is 0.411. The van der Waals surface area contributed by atoms with E-state index in [1.54, 1.807) is 17.0 Å². The second-order valence-electron chi connectivity index (χ2n) is 8.34. The minimum atomic E-state index is -0.270. The third-order valence-corrected chi connectivity index (χ3v) is 5.99. The SMILES string of the molecule is CCN(CC(=O)N(Cc1ccccc1)c1ccccc1)Cc1nc2cc(OC)c(OC)cc2c(=O)[nH]1. The second kappa shape index (κ2) is 11.5. The Morgan fingerprint density at radius 2 is 1.56 bits per heavy atom. The van der Waals surface area contributed by atoms with Crippen molar-refractivity contribution in [1.29, 1.82) is 0 Å². The van der Waals surface area contributed by atoms with E-state index in [1.807, 2.05) is 72.5 Å². The van der Waals surface area contributed by atoms with Crippen LogP contribution in [0, 0.1) is 0 Å². The fourth-order valence-electron chi connectivity index (χ4n) is 4.05. The van der Waals surface area contributed by atoms with E-state index in [4.69, 9.17) is 9.47 Å². The molecule has 0 spiro atoms. The minimum Gasteiger partial charge on any atom is -0.493 e. The van der Waals surface area contributed by atoms with Crippen LogP contribution in [0.25, 0.3) is 10.9 Å². The summed E-state index contributed by atoms with van der Waals surface area (Å²) in [5.41, 5.74) is 2.11. The predicted octanol–water partition coefficient (Wildman–Crippen LogP) is 4.00. The third kappa shape index (κ3) is 5.72. The number of hydrogen-bond acceptors (Lipinski definition) is 6. The molecule has 0 saturated carbocycles. The van der Waals surface area contributed by atoms with Crippen LogP contribution in [0.4, 0.5) is 5.69 Å². The molecule has 0 fully saturated rings. The Bertz CT molecular complexity index is 1370. The van der Waals surface area contributed by atoms with Crippen molar-refractivity contribution in [1.82, 2.24) is 14.9 Å². The number of amides is 1. The molecule has 1 aromatic heterocycles. The van der Waals surface area contributed by atoms with Gasteiger partial charge in [0.05, 0.1) is 44.8 Å². The van der Waals surface area contributed by atoms with Crippen molar-refractivity contribution in [3.63, 3.8) is 0 Å². The van der Waals surface area contributed by atoms with Crippen LogP contribution < -0.4 is 19.9 Å². The molecular weight excluding hydrogens is 456 g/mol. The first kappa shape index (κ1) is 24.9. The van der Waals surface area contributed by atoms with E-state index in [0.29, 0.717) is 47.9 Å². The topological polar surface area (TPSA) is 87.8 Å². The number of hydrogen-bond donors (Lipinski definition) is 1. The molecule has 1 heterocycles. The maximum atomic E-state index is 13.5. The lowest BCUT2D eigenvalue weighted by Gasteiger charge is -2.27. The smallest absolute Gasteiger partial charge is 0.258 e. The molecule has 8 nitrogen and oxygen atoms in total. The molecule has 0 aliphatic heterocycles. The maximum absolute atomic E-state index is 13.5. The zero-order valence-corrected chi connectivity index (χ0v) is 20.7. The lowest BCUT2D eigenvalue weighted by atomic mass is 10.2. The summed E-state index contributed by atoms with van der Waals surface area (Å²) in [5.74, 6) is 1.39. The van der Waals surface area contributed by atoms with Gasteiger partial charge in [-0.2, -0.15) is 0 Å². The van der Waals surface area contributed by atoms with Crippen LogP contribution in [0.5, 0.6) is 11.5 Å². The average molecular weight is 487 g/mol. The number of carbonyl (C=O) groups is 1. The normalized spacial score (nSPS) is 11.0. The maximum Gasteiger partial charge on any atom is 0.258 e. The summed E-state index contributed by atoms with van der Waals surface area (Å²) >= 11 is 0. The summed E-state index contributed by atoms with van der Waals surface area (Å²) < 4.78 is 10.7. The average Bonchev–Trinajstić information content (AvgIpc) is 2.91. The Labute approximate surface area is 210 Å². The van der Waals surface area contributed by atoms with E-state index in [1.165, 1.54) is 14.2 Å². The number of aromatic amines is 1. The highest BCUT2D eigenvalue weighted by Gasteiger charge is 2.20. The van der Waals surface area contributed by atoms with Crippen molar-refractivity contribution < 1.29 is 14.3 Å². The Morgan fingerprint density at radius 1 is 0.917 bits per heavy atom. The van der Waals surface area contributed by atoms with Gasteiger partial charge in [-0.25, -0.2) is 4.98 Å². The minimum absolute atomic E-state index is 0.0403. The summed E-state index contributed by atoms with van der Waals surface area (Å²) in [4.78, 5) is 37.5. The molecule has 0 atom stereocenters. The number of para-hydroxylation sites is 1. The Kier molecular flexibility index (Phi) is 7.97. The van der Waals surface area contributed by atoms with Crippen molar-refractivity contribution in [2.24, 2.45) is 0 Å². The molecule has 186 valence electrons. The molecule has 4 rings (SSSR count). The Hall–Kier alpha value is -4.17. The van der Waals surface area contributed by atoms with E-state index in [9.17, 15) is 9.59 Å². The van der Waals surface area contributed by atoms with E-state index < -0.39 is 0 Å². The molecule has 0 saturated heterocycles. The highest BCUT2D eigenvalue weighted by atomic mass is 16.5. The molecule has 36 heavy (non-hydrogen) atoms. The quantitative estimate of drug-likeness (QED) is 0.365. The van der Waals surface area contributed by atoms with E-state index in [2.05, 4.69) is 9.97 Å². The molecule has 1 N–H and O–H groups in total. The van der Waals surface area contributed by atoms with Crippen LogP contribution >= 0.6 is 0 Å². The van der Waals surface area contributed by atoms with Gasteiger partial charge in [0.1, 0.15) is 5.82 Å². The van der Waals surface area contributed by atoms with Gasteiger partial charge in [0.25, 0.3) is 5.56 Å². The van der Waals surface area contributed by atoms with Crippen LogP contribution in [0.2, 0.25) is 0 Å². The van der Waals surface area contributed by atoms with Crippen molar-refractivity contribution >= 4 is 22.5 Å². The number of benzene rings is 3. The molecule has 0 bridgehead atoms. The molecule has 3 aromatic carbocycles. The van der Waals surface area contributed by atoms with Gasteiger partial charge in [0.15, 0.2) is 11.5 Å². The number of rotatable bonds is 10. The number of nitrogens with zero attached hydrogens (tertiary/aromatic N) is 3. The van der Waals surface area contributed by atoms with Gasteiger partial charge in [-0.1, -0.05) is 55.5 Å². The van der Waals surface area contributed by atoms with Crippen molar-refractivity contribution in [3.05, 3.63) is 94.5 Å². The molecule has 1 amide bonds. The largest absolute Gasteiger partial charge is 0.493 e. The predicted molar refractivity (Wildman–Crippen MR) is 140 cm³/mol. The first-order valence-corrected chi connectivity index (χ1v) is 11.8. The number of likely N-dealkylation sites (N-methyl/N-ethyl adjacent to an activating group) is 1. The molecular formula is C28H30N4O4. The van der Waals surface area contributed by atoms with Gasteiger partial charge in [0, 0.05) is 11.8 Å². The highest BCUT2D eigenvalue weighted by molar-refractivity contribution is 5.94. The van der Waals surface area contributed by atoms with E-state index in [0.717, 1.165) is 11.3 Å². The zero-order chi connectivity index (χ0) is 25.5. The van der Waals surface area contributed by atoms with Crippen LogP contribution in [0.1, 0.15) is 18.3 Å². The van der Waals surface area contributed by atoms with Gasteiger partial charge in [-0.15, -0.1) is 0 Å². The summed E-state index contributed by atoms with van der Waals surface area (Å²) in [6, 6.07) is 22.8. The van der Waals surface area contributed by atoms with Crippen LogP contribution in [-0.4, -0.2) is 48.1 Å². The number of fused-ring (bicyclic) bond motifs is 1. The van der Waals surface area contributed by atoms with Crippen molar-refractivity contribution in [3.8, 4) is 11.5 Å². The summed E-state index contributed by atoms with van der Waals surface area (Å²) in [7, 11) is 3.06. The van der Waals surface area contributed by atoms with Gasteiger partial charge in [-0.05, 0) is 30.3 Å². The molecule has 4 aromatic rings. The number of nitrogens with one attached hydrogen (secondary N) is 1. The lowest BCUT2D eigenvalue weighted by molar-refractivity contribution is -0.120. The second-order valence-corrected chi connectivity index (χ2v) is 8.34. The number of aromatic nitrogens is 2. The van der Waals surface area contributed by atoms with Gasteiger partial charge >= 0.3 is 0 Å². The number of ether oxygens (including phenoxy) is 2. The molecule has 0 radical (unpaired) electrons. The number of anilines is 1. The summed E-state index contributed by atoms with van der Waals surface area (Å²) in [6.07, 6.45) is 0. The van der Waals surface area contributed by atoms with Gasteiger partial charge in [-0.3, -0.25) is 14.5 Å². The standard InChI is InChI=1S/C28H30N4O4/c1-4-31(18-26-29-23-16-25(36-3)24(35-2)15-22(23)28(34)30-26)19-27(33)32(21-13-9-6-10-14-21)17-20-11-7-5-8-12-20/h5-16H,4,17-19H2,1-3H3,(H,29,30,34). The molecule has 8 heteroatoms. The first-order valence-electron chi connectivity index (χ1n) is 11.8. The Morgan fingerprint density at radius 3 is 2.19 bits per heavy atom. The highest BCUT2D eigenvalue weighted by Crippen LogP contribution is 2.30. The monoisotopic (exact) mass is 486 g/mol. The number of H-pyrrole nitrogens is 1. The van der Waals surface area contributed by atoms with Crippen LogP contribution in [0.3, 0.4) is 0 Å². The van der Waals surface area contributed by atoms with Gasteiger partial charge < -0.3 is 19.4 Å². The van der Waals surface area contributed by atoms with E-state index >= 15 is 0 Å². The van der Waals surface area contributed by atoms with Crippen molar-refractivity contribution in [2.45, 2.75) is 20.0 Å². The fourth-order valence-corrected chi connectivity index (χ4v) is 4.05. The molecule has 0 aliphatic carbocycles. The van der Waals surface area contributed by atoms with Gasteiger partial charge in [0.2, 0.25) is 5.91 Å². The third-order valence-electron chi connectivity index (χ3n) is 5.99. The summed E-state index contributed by atoms with van der Waals surface area (Å²) in [6.45, 7) is 3.54. The first-order chi connectivity index (χ1) is 17.5. The van der Waals surface area contributed by atoms with Crippen LogP contribution in [0.15, 0.2) is 77.6 Å². The number of methoxy groups -OCH3 is 2. The number of carbonyl (C=O) groups excluding carboxylic acids is 1.